The highest BCUT2D eigenvalue weighted by atomic mass is 19.2. The Morgan fingerprint density at radius 3 is 1.59 bits per heavy atom. The molecule has 0 fully saturated rings. The van der Waals surface area contributed by atoms with E-state index >= 15 is 8.78 Å². The van der Waals surface area contributed by atoms with Gasteiger partial charge in [-0.1, -0.05) is 6.58 Å². The van der Waals surface area contributed by atoms with Gasteiger partial charge in [-0.05, 0) is 56.9 Å². The van der Waals surface area contributed by atoms with Crippen molar-refractivity contribution in [2.24, 2.45) is 4.99 Å². The van der Waals surface area contributed by atoms with Crippen LogP contribution in [0.4, 0.5) is 46.5 Å². The largest absolute Gasteiger partial charge is 0.398 e. The highest BCUT2D eigenvalue weighted by Crippen LogP contribution is 2.42. The number of hydrogen-bond donors (Lipinski definition) is 2. The van der Waals surface area contributed by atoms with E-state index in [1.165, 1.54) is 27.7 Å². The molecule has 196 valence electrons. The Bertz CT molecular complexity index is 1450. The lowest BCUT2D eigenvalue weighted by atomic mass is 9.90. The third-order valence-corrected chi connectivity index (χ3v) is 6.38. The number of nitrogen functional groups attached to an aromatic ring is 2. The molecular weight excluding hydrogens is 506 g/mol. The Hall–Kier alpha value is -3.89. The van der Waals surface area contributed by atoms with Crippen molar-refractivity contribution in [2.45, 2.75) is 34.6 Å². The first-order chi connectivity index (χ1) is 17.1. The molecule has 0 aliphatic carbocycles. The summed E-state index contributed by atoms with van der Waals surface area (Å²) in [6, 6.07) is 0. The number of benzene rings is 3. The molecule has 0 unspecified atom stereocenters. The monoisotopic (exact) mass is 527 g/mol. The van der Waals surface area contributed by atoms with E-state index in [1.807, 2.05) is 0 Å². The Morgan fingerprint density at radius 2 is 1.03 bits per heavy atom. The van der Waals surface area contributed by atoms with Crippen molar-refractivity contribution in [1.82, 2.24) is 0 Å². The van der Waals surface area contributed by atoms with Crippen LogP contribution >= 0.6 is 0 Å². The molecule has 4 N–H and O–H groups in total. The van der Waals surface area contributed by atoms with E-state index in [2.05, 4.69) is 11.6 Å². The summed E-state index contributed by atoms with van der Waals surface area (Å²) >= 11 is 0. The van der Waals surface area contributed by atoms with Crippen LogP contribution in [0.3, 0.4) is 0 Å². The fraction of sp³-hybridized carbons (Fsp3) is 0.192. The van der Waals surface area contributed by atoms with Gasteiger partial charge in [0.25, 0.3) is 0 Å². The van der Waals surface area contributed by atoms with Crippen molar-refractivity contribution in [1.29, 1.82) is 0 Å². The number of aliphatic imine (C=N–C) groups is 1. The molecule has 0 aliphatic heterocycles. The van der Waals surface area contributed by atoms with Crippen LogP contribution < -0.4 is 11.5 Å². The Morgan fingerprint density at radius 1 is 0.541 bits per heavy atom. The molecule has 0 heterocycles. The number of rotatable bonds is 4. The molecular formula is C26H21F8N3. The molecule has 37 heavy (non-hydrogen) atoms. The van der Waals surface area contributed by atoms with Crippen LogP contribution in [-0.4, -0.2) is 5.71 Å². The average Bonchev–Trinajstić information content (AvgIpc) is 2.84. The van der Waals surface area contributed by atoms with E-state index in [0.717, 1.165) is 6.92 Å². The van der Waals surface area contributed by atoms with Gasteiger partial charge in [0.1, 0.15) is 0 Å². The number of nitrogens with two attached hydrogens (primary N) is 2. The maximum absolute atomic E-state index is 15.3. The number of halogens is 8. The fourth-order valence-corrected chi connectivity index (χ4v) is 4.13. The van der Waals surface area contributed by atoms with Gasteiger partial charge in [-0.3, -0.25) is 4.99 Å². The normalized spacial score (nSPS) is 11.9. The fourth-order valence-electron chi connectivity index (χ4n) is 4.13. The van der Waals surface area contributed by atoms with Crippen molar-refractivity contribution in [3.05, 3.63) is 86.5 Å². The van der Waals surface area contributed by atoms with Gasteiger partial charge in [0.2, 0.25) is 0 Å². The van der Waals surface area contributed by atoms with Crippen molar-refractivity contribution in [2.75, 3.05) is 11.5 Å². The summed E-state index contributed by atoms with van der Waals surface area (Å²) in [5.41, 5.74) is 5.82. The van der Waals surface area contributed by atoms with Gasteiger partial charge in [0.05, 0.1) is 11.4 Å². The predicted molar refractivity (Wildman–Crippen MR) is 127 cm³/mol. The Balaban J connectivity index is 2.27. The van der Waals surface area contributed by atoms with Crippen molar-refractivity contribution < 1.29 is 35.1 Å². The van der Waals surface area contributed by atoms with E-state index in [0.29, 0.717) is 0 Å². The van der Waals surface area contributed by atoms with E-state index in [-0.39, 0.29) is 22.4 Å². The van der Waals surface area contributed by atoms with Crippen LogP contribution in [-0.2, 0) is 0 Å². The van der Waals surface area contributed by atoms with Gasteiger partial charge in [0.15, 0.2) is 46.5 Å². The summed E-state index contributed by atoms with van der Waals surface area (Å²) in [5, 5.41) is 0. The molecule has 0 saturated carbocycles. The molecule has 3 aromatic carbocycles. The minimum absolute atomic E-state index is 0.0157. The zero-order valence-corrected chi connectivity index (χ0v) is 20.3. The van der Waals surface area contributed by atoms with Crippen LogP contribution in [0.1, 0.15) is 40.3 Å². The smallest absolute Gasteiger partial charge is 0.197 e. The highest BCUT2D eigenvalue weighted by molar-refractivity contribution is 6.05. The maximum Gasteiger partial charge on any atom is 0.197 e. The van der Waals surface area contributed by atoms with E-state index in [1.54, 1.807) is 0 Å². The lowest BCUT2D eigenvalue weighted by Gasteiger charge is -2.19. The maximum atomic E-state index is 15.3. The van der Waals surface area contributed by atoms with Crippen molar-refractivity contribution >= 4 is 22.8 Å². The summed E-state index contributed by atoms with van der Waals surface area (Å²) < 4.78 is 116. The van der Waals surface area contributed by atoms with Crippen LogP contribution in [0, 0.1) is 74.2 Å². The first kappa shape index (κ1) is 27.7. The molecule has 11 heteroatoms. The van der Waals surface area contributed by atoms with Crippen LogP contribution in [0.5, 0.6) is 0 Å². The van der Waals surface area contributed by atoms with Crippen LogP contribution in [0.15, 0.2) is 11.6 Å². The van der Waals surface area contributed by atoms with Gasteiger partial charge < -0.3 is 11.5 Å². The minimum atomic E-state index is -1.99. The second-order valence-electron chi connectivity index (χ2n) is 8.48. The van der Waals surface area contributed by atoms with Crippen LogP contribution in [0.25, 0.3) is 16.8 Å². The lowest BCUT2D eigenvalue weighted by Crippen LogP contribution is -2.13. The summed E-state index contributed by atoms with van der Waals surface area (Å²) in [6.07, 6.45) is 0. The molecule has 0 radical (unpaired) electrons. The molecule has 0 bridgehead atoms. The third-order valence-electron chi connectivity index (χ3n) is 6.38. The first-order valence-corrected chi connectivity index (χ1v) is 10.6. The molecule has 0 aromatic heterocycles. The van der Waals surface area contributed by atoms with Gasteiger partial charge >= 0.3 is 0 Å². The number of nitrogens with zero attached hydrogens (tertiary/aromatic N) is 1. The average molecular weight is 527 g/mol. The summed E-state index contributed by atoms with van der Waals surface area (Å²) in [6.45, 7) is 9.55. The van der Waals surface area contributed by atoms with Gasteiger partial charge in [0, 0.05) is 33.7 Å². The topological polar surface area (TPSA) is 64.4 Å². The Kier molecular flexibility index (Phi) is 7.13. The van der Waals surface area contributed by atoms with Gasteiger partial charge in [-0.2, -0.15) is 0 Å². The van der Waals surface area contributed by atoms with Crippen molar-refractivity contribution in [3.8, 4) is 11.1 Å². The van der Waals surface area contributed by atoms with E-state index < -0.39 is 91.4 Å². The molecule has 3 nitrogen and oxygen atoms in total. The van der Waals surface area contributed by atoms with Crippen molar-refractivity contribution in [3.63, 3.8) is 0 Å². The number of anilines is 2. The predicted octanol–water partition coefficient (Wildman–Crippen LogP) is 7.34. The minimum Gasteiger partial charge on any atom is -0.398 e. The molecule has 3 rings (SSSR count). The summed E-state index contributed by atoms with van der Waals surface area (Å²) in [7, 11) is 0. The first-order valence-electron chi connectivity index (χ1n) is 10.6. The molecule has 0 atom stereocenters. The third kappa shape index (κ3) is 4.11. The molecule has 0 aliphatic rings. The number of hydrogen-bond acceptors (Lipinski definition) is 3. The summed E-state index contributed by atoms with van der Waals surface area (Å²) in [5.74, 6) is -13.5. The highest BCUT2D eigenvalue weighted by Gasteiger charge is 2.30. The quantitative estimate of drug-likeness (QED) is 0.161. The standard InChI is InChI=1S/C26H21F8N3/c1-7-8(2)17(27)22(32)19(29)13(7)11(5)37-12(6)14-9(3)25(35)16(21(31)18(14)28)15-10(4)26(36)24(34)23(33)20(15)30/h5,35-36H2,1-4,6H3. The molecule has 0 saturated heterocycles. The SMILES string of the molecule is C=C(N=C(C)c1c(C)c(N)c(-c2c(C)c(N)c(F)c(F)c2F)c(F)c1F)c1c(C)c(C)c(F)c(F)c1F. The van der Waals surface area contributed by atoms with Crippen LogP contribution in [0.2, 0.25) is 0 Å². The van der Waals surface area contributed by atoms with Gasteiger partial charge in [-0.25, -0.2) is 35.1 Å². The molecule has 0 amide bonds. The van der Waals surface area contributed by atoms with E-state index in [4.69, 9.17) is 11.5 Å². The zero-order valence-electron chi connectivity index (χ0n) is 20.3. The molecule has 3 aromatic rings. The zero-order chi connectivity index (χ0) is 28.3. The second kappa shape index (κ2) is 9.53. The second-order valence-corrected chi connectivity index (χ2v) is 8.48. The molecule has 0 spiro atoms. The van der Waals surface area contributed by atoms with E-state index in [9.17, 15) is 26.3 Å². The lowest BCUT2D eigenvalue weighted by molar-refractivity contribution is 0.440. The van der Waals surface area contributed by atoms with Gasteiger partial charge in [-0.15, -0.1) is 0 Å². The Labute approximate surface area is 207 Å². The summed E-state index contributed by atoms with van der Waals surface area (Å²) in [4.78, 5) is 3.96.